The Morgan fingerprint density at radius 1 is 1.21 bits per heavy atom. The van der Waals surface area contributed by atoms with E-state index in [1.807, 2.05) is 37.3 Å². The first-order valence-corrected chi connectivity index (χ1v) is 10.9. The molecule has 0 unspecified atom stereocenters. The maximum absolute atomic E-state index is 13.5. The van der Waals surface area contributed by atoms with Crippen LogP contribution in [0.5, 0.6) is 0 Å². The number of benzene rings is 1. The van der Waals surface area contributed by atoms with Crippen LogP contribution in [0.4, 0.5) is 0 Å². The molecule has 0 bridgehead atoms. The van der Waals surface area contributed by atoms with Crippen molar-refractivity contribution in [1.82, 2.24) is 14.5 Å². The first-order chi connectivity index (χ1) is 14.1. The first kappa shape index (κ1) is 19.6. The second kappa shape index (κ2) is 8.37. The summed E-state index contributed by atoms with van der Waals surface area (Å²) in [6.45, 7) is 4.05. The predicted molar refractivity (Wildman–Crippen MR) is 114 cm³/mol. The van der Waals surface area contributed by atoms with Gasteiger partial charge in [-0.05, 0) is 62.8 Å². The standard InChI is InChI=1S/C22H23N3O3S/c1-3-28-19(26)13-29-22-24-20-16(12-15-9-5-6-10-17(15)23-20)21(27)25(22)18-11-7-4-8-14(18)2/h4,7-8,11-12H,3,5-6,9-10,13H2,1-2H3. The molecule has 1 aromatic carbocycles. The van der Waals surface area contributed by atoms with Crippen LogP contribution in [-0.4, -0.2) is 32.9 Å². The quantitative estimate of drug-likeness (QED) is 0.364. The SMILES string of the molecule is CCOC(=O)CSc1nc2nc3c(cc2c(=O)n1-c1ccccc1C)CCCC3. The van der Waals surface area contributed by atoms with Crippen LogP contribution < -0.4 is 5.56 Å². The summed E-state index contributed by atoms with van der Waals surface area (Å²) in [6, 6.07) is 9.63. The number of para-hydroxylation sites is 1. The molecule has 0 saturated carbocycles. The Hall–Kier alpha value is -2.67. The molecule has 2 heterocycles. The molecule has 0 atom stereocenters. The number of carbonyl (C=O) groups is 1. The van der Waals surface area contributed by atoms with Crippen LogP contribution in [-0.2, 0) is 22.4 Å². The number of thioether (sulfide) groups is 1. The summed E-state index contributed by atoms with van der Waals surface area (Å²) in [7, 11) is 0. The molecular weight excluding hydrogens is 386 g/mol. The van der Waals surface area contributed by atoms with Gasteiger partial charge in [-0.3, -0.25) is 14.2 Å². The first-order valence-electron chi connectivity index (χ1n) is 9.88. The van der Waals surface area contributed by atoms with Crippen LogP contribution in [0.15, 0.2) is 40.3 Å². The van der Waals surface area contributed by atoms with Crippen LogP contribution in [0.2, 0.25) is 0 Å². The number of hydrogen-bond donors (Lipinski definition) is 0. The van der Waals surface area contributed by atoms with Crippen molar-refractivity contribution in [3.63, 3.8) is 0 Å². The topological polar surface area (TPSA) is 74.1 Å². The summed E-state index contributed by atoms with van der Waals surface area (Å²) in [5.74, 6) is -0.246. The largest absolute Gasteiger partial charge is 0.465 e. The molecule has 1 aliphatic rings. The molecule has 0 fully saturated rings. The van der Waals surface area contributed by atoms with Crippen molar-refractivity contribution in [2.45, 2.75) is 44.7 Å². The number of carbonyl (C=O) groups excluding carboxylic acids is 1. The lowest BCUT2D eigenvalue weighted by molar-refractivity contribution is -0.139. The number of nitrogens with zero attached hydrogens (tertiary/aromatic N) is 3. The van der Waals surface area contributed by atoms with Gasteiger partial charge in [0, 0.05) is 5.69 Å². The van der Waals surface area contributed by atoms with Crippen molar-refractivity contribution in [2.24, 2.45) is 0 Å². The molecule has 0 amide bonds. The number of fused-ring (bicyclic) bond motifs is 2. The van der Waals surface area contributed by atoms with E-state index < -0.39 is 0 Å². The molecule has 29 heavy (non-hydrogen) atoms. The zero-order valence-electron chi connectivity index (χ0n) is 16.6. The fourth-order valence-electron chi connectivity index (χ4n) is 3.66. The van der Waals surface area contributed by atoms with Gasteiger partial charge in [0.2, 0.25) is 0 Å². The highest BCUT2D eigenvalue weighted by atomic mass is 32.2. The minimum absolute atomic E-state index is 0.0859. The lowest BCUT2D eigenvalue weighted by atomic mass is 9.95. The minimum Gasteiger partial charge on any atom is -0.465 e. The molecule has 0 spiro atoms. The molecule has 4 rings (SSSR count). The Bertz CT molecular complexity index is 1140. The van der Waals surface area contributed by atoms with Crippen molar-refractivity contribution < 1.29 is 9.53 Å². The van der Waals surface area contributed by atoms with Crippen LogP contribution in [0.3, 0.4) is 0 Å². The molecule has 2 aromatic heterocycles. The molecule has 0 N–H and O–H groups in total. The molecular formula is C22H23N3O3S. The maximum Gasteiger partial charge on any atom is 0.316 e. The summed E-state index contributed by atoms with van der Waals surface area (Å²) < 4.78 is 6.63. The van der Waals surface area contributed by atoms with Gasteiger partial charge in [-0.1, -0.05) is 30.0 Å². The van der Waals surface area contributed by atoms with Crippen molar-refractivity contribution in [3.8, 4) is 5.69 Å². The number of ether oxygens (including phenoxy) is 1. The van der Waals surface area contributed by atoms with E-state index in [2.05, 4.69) is 0 Å². The Morgan fingerprint density at radius 3 is 2.79 bits per heavy atom. The fraction of sp³-hybridized carbons (Fsp3) is 0.364. The lowest BCUT2D eigenvalue weighted by Gasteiger charge is -2.18. The van der Waals surface area contributed by atoms with Gasteiger partial charge in [-0.25, -0.2) is 9.97 Å². The van der Waals surface area contributed by atoms with Crippen molar-refractivity contribution >= 4 is 28.8 Å². The molecule has 1 aliphatic carbocycles. The highest BCUT2D eigenvalue weighted by molar-refractivity contribution is 7.99. The van der Waals surface area contributed by atoms with Gasteiger partial charge >= 0.3 is 5.97 Å². The molecule has 3 aromatic rings. The average molecular weight is 410 g/mol. The van der Waals surface area contributed by atoms with E-state index in [9.17, 15) is 9.59 Å². The third kappa shape index (κ3) is 3.92. The third-order valence-electron chi connectivity index (χ3n) is 5.09. The zero-order chi connectivity index (χ0) is 20.4. The maximum atomic E-state index is 13.5. The van der Waals surface area contributed by atoms with Gasteiger partial charge in [-0.15, -0.1) is 0 Å². The van der Waals surface area contributed by atoms with Gasteiger partial charge < -0.3 is 4.74 Å². The molecule has 6 nitrogen and oxygen atoms in total. The number of aromatic nitrogens is 3. The number of aryl methyl sites for hydroxylation is 3. The van der Waals surface area contributed by atoms with E-state index in [1.165, 1.54) is 11.8 Å². The Balaban J connectivity index is 1.90. The highest BCUT2D eigenvalue weighted by Crippen LogP contribution is 2.26. The number of hydrogen-bond acceptors (Lipinski definition) is 6. The molecule has 7 heteroatoms. The van der Waals surface area contributed by atoms with E-state index in [0.29, 0.717) is 22.8 Å². The summed E-state index contributed by atoms with van der Waals surface area (Å²) in [6.07, 6.45) is 4.09. The van der Waals surface area contributed by atoms with Crippen molar-refractivity contribution in [2.75, 3.05) is 12.4 Å². The predicted octanol–water partition coefficient (Wildman–Crippen LogP) is 3.62. The fourth-order valence-corrected chi connectivity index (χ4v) is 4.45. The summed E-state index contributed by atoms with van der Waals surface area (Å²) >= 11 is 1.20. The van der Waals surface area contributed by atoms with Crippen LogP contribution >= 0.6 is 11.8 Å². The van der Waals surface area contributed by atoms with E-state index >= 15 is 0 Å². The van der Waals surface area contributed by atoms with E-state index in [4.69, 9.17) is 14.7 Å². The van der Waals surface area contributed by atoms with Crippen molar-refractivity contribution in [1.29, 1.82) is 0 Å². The van der Waals surface area contributed by atoms with Crippen LogP contribution in [0, 0.1) is 6.92 Å². The smallest absolute Gasteiger partial charge is 0.316 e. The summed E-state index contributed by atoms with van der Waals surface area (Å²) in [4.78, 5) is 34.8. The number of esters is 1. The van der Waals surface area contributed by atoms with Crippen LogP contribution in [0.1, 0.15) is 36.6 Å². The zero-order valence-corrected chi connectivity index (χ0v) is 17.4. The van der Waals surface area contributed by atoms with E-state index in [1.54, 1.807) is 11.5 Å². The Labute approximate surface area is 173 Å². The molecule has 0 aliphatic heterocycles. The van der Waals surface area contributed by atoms with Crippen LogP contribution in [0.25, 0.3) is 16.7 Å². The number of pyridine rings is 1. The molecule has 150 valence electrons. The Kier molecular flexibility index (Phi) is 5.67. The second-order valence-electron chi connectivity index (χ2n) is 7.09. The van der Waals surface area contributed by atoms with Gasteiger partial charge in [-0.2, -0.15) is 0 Å². The van der Waals surface area contributed by atoms with E-state index in [-0.39, 0.29) is 17.3 Å². The van der Waals surface area contributed by atoms with Crippen molar-refractivity contribution in [3.05, 3.63) is 57.5 Å². The number of rotatable bonds is 5. The minimum atomic E-state index is -0.332. The van der Waals surface area contributed by atoms with Gasteiger partial charge in [0.1, 0.15) is 0 Å². The highest BCUT2D eigenvalue weighted by Gasteiger charge is 2.20. The summed E-state index contributed by atoms with van der Waals surface area (Å²) in [5.41, 5.74) is 4.19. The third-order valence-corrected chi connectivity index (χ3v) is 6.00. The monoisotopic (exact) mass is 409 g/mol. The van der Waals surface area contributed by atoms with E-state index in [0.717, 1.165) is 48.2 Å². The van der Waals surface area contributed by atoms with Gasteiger partial charge in [0.15, 0.2) is 10.8 Å². The average Bonchev–Trinajstić information content (AvgIpc) is 2.72. The molecule has 0 saturated heterocycles. The second-order valence-corrected chi connectivity index (χ2v) is 8.03. The summed E-state index contributed by atoms with van der Waals surface area (Å²) in [5, 5.41) is 0.975. The van der Waals surface area contributed by atoms with Gasteiger partial charge in [0.25, 0.3) is 5.56 Å². The van der Waals surface area contributed by atoms with Gasteiger partial charge in [0.05, 0.1) is 23.4 Å². The Morgan fingerprint density at radius 2 is 2.00 bits per heavy atom. The molecule has 0 radical (unpaired) electrons. The normalized spacial score (nSPS) is 13.3. The lowest BCUT2D eigenvalue weighted by Crippen LogP contribution is -2.24.